The van der Waals surface area contributed by atoms with E-state index in [9.17, 15) is 18.0 Å². The third-order valence-electron chi connectivity index (χ3n) is 5.78. The van der Waals surface area contributed by atoms with E-state index in [-0.39, 0.29) is 29.2 Å². The number of benzene rings is 2. The van der Waals surface area contributed by atoms with Crippen molar-refractivity contribution in [1.82, 2.24) is 13.7 Å². The molecule has 9 heteroatoms. The highest BCUT2D eigenvalue weighted by Gasteiger charge is 2.28. The summed E-state index contributed by atoms with van der Waals surface area (Å²) in [6.07, 6.45) is 2.24. The fourth-order valence-electron chi connectivity index (χ4n) is 4.01. The Balaban J connectivity index is 1.33. The summed E-state index contributed by atoms with van der Waals surface area (Å²) in [6, 6.07) is 20.0. The summed E-state index contributed by atoms with van der Waals surface area (Å²) in [5.41, 5.74) is 2.70. The topological polar surface area (TPSA) is 98.0 Å². The van der Waals surface area contributed by atoms with Gasteiger partial charge in [0, 0.05) is 25.4 Å². The van der Waals surface area contributed by atoms with Gasteiger partial charge in [0.05, 0.1) is 16.2 Å². The molecule has 0 N–H and O–H groups in total. The Bertz CT molecular complexity index is 1560. The van der Waals surface area contributed by atoms with Gasteiger partial charge in [-0.15, -0.1) is 0 Å². The predicted octanol–water partition coefficient (Wildman–Crippen LogP) is 2.80. The number of pyridine rings is 1. The first-order valence-corrected chi connectivity index (χ1v) is 12.2. The summed E-state index contributed by atoms with van der Waals surface area (Å²) in [7, 11) is -3.79. The lowest BCUT2D eigenvalue weighted by Crippen LogP contribution is -2.36. The maximum absolute atomic E-state index is 13.2. The number of rotatable bonds is 5. The molecule has 0 aliphatic carbocycles. The van der Waals surface area contributed by atoms with Crippen LogP contribution < -0.4 is 5.56 Å². The van der Waals surface area contributed by atoms with Crippen molar-refractivity contribution in [2.75, 3.05) is 6.54 Å². The molecule has 34 heavy (non-hydrogen) atoms. The van der Waals surface area contributed by atoms with E-state index >= 15 is 0 Å². The number of sulfonamides is 1. The first-order chi connectivity index (χ1) is 16.4. The highest BCUT2D eigenvalue weighted by atomic mass is 32.2. The van der Waals surface area contributed by atoms with Gasteiger partial charge in [-0.25, -0.2) is 18.2 Å². The SMILES string of the molecule is O=C(OCc1cc(=O)n2ccccc2n1)c1cccc(S(=O)(=O)N2CCc3ccccc3C2)c1. The van der Waals surface area contributed by atoms with Crippen LogP contribution in [0, 0.1) is 0 Å². The smallest absolute Gasteiger partial charge is 0.338 e. The molecule has 2 aromatic carbocycles. The lowest BCUT2D eigenvalue weighted by molar-refractivity contribution is 0.0467. The molecule has 0 unspecified atom stereocenters. The summed E-state index contributed by atoms with van der Waals surface area (Å²) in [6.45, 7) is 0.451. The van der Waals surface area contributed by atoms with E-state index in [2.05, 4.69) is 4.98 Å². The number of esters is 1. The molecule has 1 aliphatic heterocycles. The third kappa shape index (κ3) is 4.23. The van der Waals surface area contributed by atoms with Gasteiger partial charge in [-0.3, -0.25) is 9.20 Å². The molecule has 2 aromatic heterocycles. The average Bonchev–Trinajstić information content (AvgIpc) is 2.87. The van der Waals surface area contributed by atoms with E-state index in [1.807, 2.05) is 24.3 Å². The molecule has 1 aliphatic rings. The van der Waals surface area contributed by atoms with Crippen molar-refractivity contribution in [2.45, 2.75) is 24.5 Å². The summed E-state index contributed by atoms with van der Waals surface area (Å²) in [4.78, 5) is 29.2. The minimum absolute atomic E-state index is 0.0309. The summed E-state index contributed by atoms with van der Waals surface area (Å²) < 4.78 is 34.6. The monoisotopic (exact) mass is 475 g/mol. The van der Waals surface area contributed by atoms with Crippen LogP contribution in [0.2, 0.25) is 0 Å². The average molecular weight is 476 g/mol. The molecular formula is C25H21N3O5S. The van der Waals surface area contributed by atoms with Crippen molar-refractivity contribution in [3.05, 3.63) is 112 Å². The van der Waals surface area contributed by atoms with E-state index in [0.717, 1.165) is 11.1 Å². The molecule has 0 atom stereocenters. The first-order valence-electron chi connectivity index (χ1n) is 10.7. The van der Waals surface area contributed by atoms with Crippen molar-refractivity contribution in [1.29, 1.82) is 0 Å². The molecule has 0 bridgehead atoms. The van der Waals surface area contributed by atoms with Gasteiger partial charge in [-0.05, 0) is 47.9 Å². The van der Waals surface area contributed by atoms with Crippen LogP contribution in [-0.2, 0) is 34.3 Å². The van der Waals surface area contributed by atoms with Gasteiger partial charge in [0.25, 0.3) is 5.56 Å². The van der Waals surface area contributed by atoms with E-state index in [4.69, 9.17) is 4.74 Å². The van der Waals surface area contributed by atoms with Crippen LogP contribution in [0.3, 0.4) is 0 Å². The maximum atomic E-state index is 13.2. The van der Waals surface area contributed by atoms with E-state index in [1.165, 1.54) is 39.0 Å². The van der Waals surface area contributed by atoms with Gasteiger partial charge in [0.15, 0.2) is 0 Å². The van der Waals surface area contributed by atoms with Crippen molar-refractivity contribution in [3.8, 4) is 0 Å². The minimum Gasteiger partial charge on any atom is -0.456 e. The summed E-state index contributed by atoms with van der Waals surface area (Å²) in [5, 5.41) is 0. The van der Waals surface area contributed by atoms with Gasteiger partial charge < -0.3 is 4.74 Å². The molecule has 4 aromatic rings. The summed E-state index contributed by atoms with van der Waals surface area (Å²) in [5.74, 6) is -0.698. The highest BCUT2D eigenvalue weighted by molar-refractivity contribution is 7.89. The third-order valence-corrected chi connectivity index (χ3v) is 7.62. The van der Waals surface area contributed by atoms with E-state index in [0.29, 0.717) is 24.3 Å². The molecule has 0 spiro atoms. The number of fused-ring (bicyclic) bond motifs is 2. The van der Waals surface area contributed by atoms with Gasteiger partial charge in [0.1, 0.15) is 12.3 Å². The van der Waals surface area contributed by atoms with Gasteiger partial charge >= 0.3 is 5.97 Å². The summed E-state index contributed by atoms with van der Waals surface area (Å²) >= 11 is 0. The van der Waals surface area contributed by atoms with Gasteiger partial charge in [-0.1, -0.05) is 36.4 Å². The normalized spacial score (nSPS) is 14.0. The van der Waals surface area contributed by atoms with Crippen LogP contribution in [-0.4, -0.2) is 34.6 Å². The molecule has 0 amide bonds. The Hall–Kier alpha value is -3.82. The number of aromatic nitrogens is 2. The van der Waals surface area contributed by atoms with E-state index < -0.39 is 16.0 Å². The molecule has 3 heterocycles. The minimum atomic E-state index is -3.79. The van der Waals surface area contributed by atoms with Crippen LogP contribution in [0.4, 0.5) is 0 Å². The number of hydrogen-bond acceptors (Lipinski definition) is 6. The molecule has 0 saturated carbocycles. The van der Waals surface area contributed by atoms with E-state index in [1.54, 1.807) is 24.4 Å². The highest BCUT2D eigenvalue weighted by Crippen LogP contribution is 2.25. The van der Waals surface area contributed by atoms with Crippen LogP contribution >= 0.6 is 0 Å². The first kappa shape index (κ1) is 22.0. The Morgan fingerprint density at radius 2 is 1.76 bits per heavy atom. The standard InChI is InChI=1S/C25H21N3O5S/c29-24-15-21(26-23-10-3-4-12-28(23)24)17-33-25(30)19-8-5-9-22(14-19)34(31,32)27-13-11-18-6-1-2-7-20(18)16-27/h1-10,12,14-15H,11,13,16-17H2. The zero-order valence-corrected chi connectivity index (χ0v) is 18.9. The predicted molar refractivity (Wildman–Crippen MR) is 125 cm³/mol. The lowest BCUT2D eigenvalue weighted by Gasteiger charge is -2.28. The van der Waals surface area contributed by atoms with Crippen LogP contribution in [0.15, 0.2) is 88.7 Å². The maximum Gasteiger partial charge on any atom is 0.338 e. The van der Waals surface area contributed by atoms with Crippen molar-refractivity contribution in [2.24, 2.45) is 0 Å². The second-order valence-corrected chi connectivity index (χ2v) is 9.91. The number of hydrogen-bond donors (Lipinski definition) is 0. The molecule has 0 saturated heterocycles. The molecule has 5 rings (SSSR count). The second-order valence-electron chi connectivity index (χ2n) is 7.98. The zero-order valence-electron chi connectivity index (χ0n) is 18.1. The number of carbonyl (C=O) groups excluding carboxylic acids is 1. The molecular weight excluding hydrogens is 454 g/mol. The number of carbonyl (C=O) groups is 1. The number of nitrogens with zero attached hydrogens (tertiary/aromatic N) is 3. The van der Waals surface area contributed by atoms with Gasteiger partial charge in [0.2, 0.25) is 10.0 Å². The molecule has 0 radical (unpaired) electrons. The van der Waals surface area contributed by atoms with Crippen LogP contribution in [0.1, 0.15) is 27.2 Å². The van der Waals surface area contributed by atoms with Crippen molar-refractivity contribution in [3.63, 3.8) is 0 Å². The largest absolute Gasteiger partial charge is 0.456 e. The Labute approximate surface area is 196 Å². The lowest BCUT2D eigenvalue weighted by atomic mass is 10.0. The Kier molecular flexibility index (Phi) is 5.72. The van der Waals surface area contributed by atoms with Crippen LogP contribution in [0.5, 0.6) is 0 Å². The quantitative estimate of drug-likeness (QED) is 0.412. The zero-order chi connectivity index (χ0) is 23.7. The van der Waals surface area contributed by atoms with Crippen LogP contribution in [0.25, 0.3) is 5.65 Å². The second kappa shape index (κ2) is 8.85. The van der Waals surface area contributed by atoms with Crippen molar-refractivity contribution < 1.29 is 17.9 Å². The van der Waals surface area contributed by atoms with Crippen molar-refractivity contribution >= 4 is 21.6 Å². The molecule has 0 fully saturated rings. The fraction of sp³-hybridized carbons (Fsp3) is 0.160. The Morgan fingerprint density at radius 3 is 2.62 bits per heavy atom. The molecule has 172 valence electrons. The fourth-order valence-corrected chi connectivity index (χ4v) is 5.47. The Morgan fingerprint density at radius 1 is 0.971 bits per heavy atom. The molecule has 8 nitrogen and oxygen atoms in total. The van der Waals surface area contributed by atoms with Gasteiger partial charge in [-0.2, -0.15) is 4.31 Å². The number of ether oxygens (including phenoxy) is 1.